The highest BCUT2D eigenvalue weighted by Crippen LogP contribution is 2.43. The molecule has 1 N–H and O–H groups in total. The Bertz CT molecular complexity index is 1560. The molecule has 0 spiro atoms. The summed E-state index contributed by atoms with van der Waals surface area (Å²) in [4.78, 5) is 44.7. The molecule has 8 nitrogen and oxygen atoms in total. The molecule has 0 aromatic heterocycles. The van der Waals surface area contributed by atoms with Crippen LogP contribution in [0.25, 0.3) is 5.57 Å². The van der Waals surface area contributed by atoms with Gasteiger partial charge in [-0.15, -0.1) is 0 Å². The van der Waals surface area contributed by atoms with Crippen molar-refractivity contribution in [3.63, 3.8) is 0 Å². The van der Waals surface area contributed by atoms with Crippen molar-refractivity contribution in [2.45, 2.75) is 31.2 Å². The first kappa shape index (κ1) is 30.9. The average Bonchev–Trinajstić information content (AvgIpc) is 3.14. The number of methoxy groups -OCH3 is 1. The van der Waals surface area contributed by atoms with Crippen LogP contribution in [0.5, 0.6) is 5.75 Å². The molecule has 44 heavy (non-hydrogen) atoms. The first-order valence-corrected chi connectivity index (χ1v) is 14.6. The number of hydrogen-bond acceptors (Lipinski definition) is 5. The fourth-order valence-corrected chi connectivity index (χ4v) is 5.67. The van der Waals surface area contributed by atoms with Crippen LogP contribution in [0.15, 0.2) is 78.9 Å². The third-order valence-corrected chi connectivity index (χ3v) is 8.27. The van der Waals surface area contributed by atoms with Crippen molar-refractivity contribution < 1.29 is 27.9 Å². The highest BCUT2D eigenvalue weighted by molar-refractivity contribution is 6.10. The molecular formula is C34H36F2N4O4. The molecule has 3 aromatic carbocycles. The van der Waals surface area contributed by atoms with Gasteiger partial charge in [-0.2, -0.15) is 0 Å². The van der Waals surface area contributed by atoms with E-state index in [0.717, 1.165) is 18.9 Å². The van der Waals surface area contributed by atoms with Crippen LogP contribution < -0.4 is 15.0 Å². The topological polar surface area (TPSA) is 82.2 Å². The zero-order chi connectivity index (χ0) is 31.4. The van der Waals surface area contributed by atoms with Gasteiger partial charge >= 0.3 is 0 Å². The number of likely N-dealkylation sites (tertiary alicyclic amines) is 1. The largest absolute Gasteiger partial charge is 0.497 e. The van der Waals surface area contributed by atoms with Crippen molar-refractivity contribution in [3.8, 4) is 5.75 Å². The Labute approximate surface area is 255 Å². The number of nitrogens with zero attached hydrogens (tertiary/aromatic N) is 3. The Kier molecular flexibility index (Phi) is 9.10. The van der Waals surface area contributed by atoms with E-state index in [1.165, 1.54) is 18.1 Å². The molecule has 0 atom stereocenters. The zero-order valence-electron chi connectivity index (χ0n) is 25.1. The number of fused-ring (bicyclic) bond motifs is 1. The van der Waals surface area contributed by atoms with Crippen LogP contribution >= 0.6 is 0 Å². The molecule has 5 rings (SSSR count). The Balaban J connectivity index is 1.36. The van der Waals surface area contributed by atoms with Crippen LogP contribution in [0.2, 0.25) is 0 Å². The van der Waals surface area contributed by atoms with Gasteiger partial charge in [-0.1, -0.05) is 24.3 Å². The van der Waals surface area contributed by atoms with E-state index in [-0.39, 0.29) is 29.2 Å². The quantitative estimate of drug-likeness (QED) is 0.373. The number of carbonyl (C=O) groups excluding carboxylic acids is 3. The summed E-state index contributed by atoms with van der Waals surface area (Å²) < 4.78 is 36.5. The molecule has 10 heteroatoms. The minimum atomic E-state index is -3.32. The fourth-order valence-electron chi connectivity index (χ4n) is 5.67. The number of carbonyl (C=O) groups is 3. The summed E-state index contributed by atoms with van der Waals surface area (Å²) in [5.41, 5.74) is 1.24. The first-order chi connectivity index (χ1) is 21.1. The molecule has 0 aliphatic carbocycles. The van der Waals surface area contributed by atoms with Gasteiger partial charge in [0.25, 0.3) is 17.7 Å². The number of anilines is 2. The van der Waals surface area contributed by atoms with Crippen LogP contribution in [0.4, 0.5) is 20.2 Å². The van der Waals surface area contributed by atoms with Gasteiger partial charge in [0, 0.05) is 66.1 Å². The molecule has 2 aliphatic heterocycles. The van der Waals surface area contributed by atoms with Gasteiger partial charge in [-0.3, -0.25) is 14.4 Å². The molecule has 1 saturated heterocycles. The van der Waals surface area contributed by atoms with E-state index in [1.54, 1.807) is 71.6 Å². The highest BCUT2D eigenvalue weighted by atomic mass is 19.3. The molecule has 2 aliphatic rings. The summed E-state index contributed by atoms with van der Waals surface area (Å²) >= 11 is 0. The Morgan fingerprint density at radius 2 is 1.64 bits per heavy atom. The van der Waals surface area contributed by atoms with Gasteiger partial charge in [0.05, 0.1) is 12.8 Å². The van der Waals surface area contributed by atoms with E-state index in [1.807, 2.05) is 14.1 Å². The van der Waals surface area contributed by atoms with E-state index in [9.17, 15) is 14.4 Å². The molecule has 1 fully saturated rings. The predicted octanol–water partition coefficient (Wildman–Crippen LogP) is 5.57. The number of allylic oxidation sites excluding steroid dienone is 1. The molecular weight excluding hydrogens is 566 g/mol. The third-order valence-electron chi connectivity index (χ3n) is 8.27. The maximum Gasteiger partial charge on any atom is 0.275 e. The summed E-state index contributed by atoms with van der Waals surface area (Å²) in [5, 5.41) is 2.79. The molecule has 3 amide bonds. The lowest BCUT2D eigenvalue weighted by atomic mass is 9.96. The van der Waals surface area contributed by atoms with E-state index >= 15 is 8.78 Å². The summed E-state index contributed by atoms with van der Waals surface area (Å²) in [5.74, 6) is -4.02. The van der Waals surface area contributed by atoms with Gasteiger partial charge in [-0.25, -0.2) is 8.78 Å². The minimum Gasteiger partial charge on any atom is -0.497 e. The summed E-state index contributed by atoms with van der Waals surface area (Å²) in [6.45, 7) is 0.759. The minimum absolute atomic E-state index is 0.155. The Morgan fingerprint density at radius 3 is 2.32 bits per heavy atom. The van der Waals surface area contributed by atoms with Gasteiger partial charge in [0.15, 0.2) is 0 Å². The number of para-hydroxylation sites is 1. The first-order valence-electron chi connectivity index (χ1n) is 14.6. The third kappa shape index (κ3) is 6.65. The smallest absolute Gasteiger partial charge is 0.275 e. The SMILES string of the molecule is COc1cccc(C(=O)Nc2ccc(C(=O)N3CCC(F)(F)C(=CC(=O)N4CCC(N(C)C)CC4)c4ccccc43)cc2)c1. The van der Waals surface area contributed by atoms with E-state index in [4.69, 9.17) is 4.74 Å². The van der Waals surface area contributed by atoms with Crippen molar-refractivity contribution in [2.75, 3.05) is 51.1 Å². The van der Waals surface area contributed by atoms with Crippen LogP contribution in [0, 0.1) is 0 Å². The lowest BCUT2D eigenvalue weighted by molar-refractivity contribution is -0.127. The van der Waals surface area contributed by atoms with Crippen molar-refractivity contribution in [3.05, 3.63) is 95.6 Å². The maximum absolute atomic E-state index is 15.7. The average molecular weight is 603 g/mol. The second-order valence-corrected chi connectivity index (χ2v) is 11.3. The number of benzene rings is 3. The lowest BCUT2D eigenvalue weighted by Gasteiger charge is -2.35. The monoisotopic (exact) mass is 602 g/mol. The van der Waals surface area contributed by atoms with Gasteiger partial charge in [0.2, 0.25) is 5.91 Å². The van der Waals surface area contributed by atoms with Crippen molar-refractivity contribution in [2.24, 2.45) is 0 Å². The second kappa shape index (κ2) is 13.0. The van der Waals surface area contributed by atoms with Crippen molar-refractivity contribution in [1.29, 1.82) is 0 Å². The number of ether oxygens (including phenoxy) is 1. The molecule has 2 heterocycles. The summed E-state index contributed by atoms with van der Waals surface area (Å²) in [7, 11) is 5.51. The maximum atomic E-state index is 15.7. The number of amides is 3. The van der Waals surface area contributed by atoms with E-state index < -0.39 is 24.2 Å². The zero-order valence-corrected chi connectivity index (χ0v) is 25.1. The highest BCUT2D eigenvalue weighted by Gasteiger charge is 2.42. The van der Waals surface area contributed by atoms with Crippen LogP contribution in [-0.4, -0.2) is 80.3 Å². The number of piperidine rings is 1. The van der Waals surface area contributed by atoms with Crippen molar-refractivity contribution >= 4 is 34.7 Å². The van der Waals surface area contributed by atoms with E-state index in [0.29, 0.717) is 41.8 Å². The number of halogens is 2. The normalized spacial score (nSPS) is 17.6. The Hall–Kier alpha value is -4.57. The molecule has 230 valence electrons. The van der Waals surface area contributed by atoms with Gasteiger partial charge < -0.3 is 24.8 Å². The number of alkyl halides is 2. The number of rotatable bonds is 6. The lowest BCUT2D eigenvalue weighted by Crippen LogP contribution is -2.44. The molecule has 3 aromatic rings. The van der Waals surface area contributed by atoms with Gasteiger partial charge in [0.1, 0.15) is 5.75 Å². The standard InChI is InChI=1S/C34H36F2N4O4/c1-38(2)26-15-18-39(19-16-26)31(41)22-29-28-9-4-5-10-30(28)40(20-17-34(29,35)36)33(43)23-11-13-25(14-12-23)37-32(42)24-7-6-8-27(21-24)44-3/h4-14,21-22,26H,15-20H2,1-3H3,(H,37,42). The number of nitrogens with one attached hydrogen (secondary N) is 1. The Morgan fingerprint density at radius 1 is 0.932 bits per heavy atom. The fraction of sp³-hybridized carbons (Fsp3) is 0.324. The van der Waals surface area contributed by atoms with E-state index in [2.05, 4.69) is 10.2 Å². The van der Waals surface area contributed by atoms with Crippen molar-refractivity contribution in [1.82, 2.24) is 9.80 Å². The van der Waals surface area contributed by atoms with Gasteiger partial charge in [-0.05, 0) is 75.5 Å². The summed E-state index contributed by atoms with van der Waals surface area (Å²) in [6, 6.07) is 19.8. The molecule has 0 unspecified atom stereocenters. The molecule has 0 radical (unpaired) electrons. The number of hydrogen-bond donors (Lipinski definition) is 1. The summed E-state index contributed by atoms with van der Waals surface area (Å²) in [6.07, 6.45) is 1.98. The van der Waals surface area contributed by atoms with Crippen LogP contribution in [0.3, 0.4) is 0 Å². The van der Waals surface area contributed by atoms with Crippen LogP contribution in [0.1, 0.15) is 45.5 Å². The second-order valence-electron chi connectivity index (χ2n) is 11.3. The van der Waals surface area contributed by atoms with Crippen LogP contribution in [-0.2, 0) is 4.79 Å². The molecule has 0 saturated carbocycles. The predicted molar refractivity (Wildman–Crippen MR) is 166 cm³/mol. The molecule has 0 bridgehead atoms.